The van der Waals surface area contributed by atoms with Crippen LogP contribution >= 0.6 is 11.6 Å². The predicted octanol–water partition coefficient (Wildman–Crippen LogP) is 4.67. The zero-order chi connectivity index (χ0) is 21.3. The minimum absolute atomic E-state index is 0.0276. The molecule has 0 aliphatic carbocycles. The Bertz CT molecular complexity index is 1260. The lowest BCUT2D eigenvalue weighted by Gasteiger charge is -2.10. The lowest BCUT2D eigenvalue weighted by molar-refractivity contribution is 0.0847. The number of carbonyl (C=O) groups is 2. The number of hydrogen-bond donors (Lipinski definition) is 2. The van der Waals surface area contributed by atoms with Gasteiger partial charge in [0.25, 0.3) is 11.8 Å². The van der Waals surface area contributed by atoms with Gasteiger partial charge in [0.1, 0.15) is 22.8 Å². The van der Waals surface area contributed by atoms with E-state index in [-0.39, 0.29) is 27.6 Å². The van der Waals surface area contributed by atoms with E-state index in [1.807, 2.05) is 30.3 Å². The molecule has 0 bridgehead atoms. The molecular formula is C22H15ClFN3O3. The molecular weight excluding hydrogens is 409 g/mol. The summed E-state index contributed by atoms with van der Waals surface area (Å²) in [5.74, 6) is -1.71. The van der Waals surface area contributed by atoms with Gasteiger partial charge < -0.3 is 4.52 Å². The van der Waals surface area contributed by atoms with E-state index in [2.05, 4.69) is 16.0 Å². The van der Waals surface area contributed by atoms with Gasteiger partial charge in [-0.05, 0) is 35.9 Å². The number of carbonyl (C=O) groups excluding carboxylic acids is 2. The highest BCUT2D eigenvalue weighted by Crippen LogP contribution is 2.33. The maximum atomic E-state index is 14.3. The van der Waals surface area contributed by atoms with Gasteiger partial charge in [-0.3, -0.25) is 20.4 Å². The maximum Gasteiger partial charge on any atom is 0.275 e. The first-order chi connectivity index (χ1) is 14.5. The minimum Gasteiger partial charge on any atom is -0.360 e. The van der Waals surface area contributed by atoms with Crippen LogP contribution in [0, 0.1) is 12.7 Å². The Kier molecular flexibility index (Phi) is 5.20. The van der Waals surface area contributed by atoms with Crippen LogP contribution in [0.4, 0.5) is 4.39 Å². The van der Waals surface area contributed by atoms with Crippen LogP contribution in [-0.2, 0) is 0 Å². The molecule has 4 aromatic rings. The molecule has 1 heterocycles. The molecule has 0 spiro atoms. The average molecular weight is 424 g/mol. The largest absolute Gasteiger partial charge is 0.360 e. The van der Waals surface area contributed by atoms with Gasteiger partial charge in [0.2, 0.25) is 0 Å². The Morgan fingerprint density at radius 3 is 2.47 bits per heavy atom. The van der Waals surface area contributed by atoms with Crippen molar-refractivity contribution in [3.63, 3.8) is 0 Å². The molecule has 0 aliphatic heterocycles. The van der Waals surface area contributed by atoms with Crippen LogP contribution in [-0.4, -0.2) is 17.0 Å². The lowest BCUT2D eigenvalue weighted by Crippen LogP contribution is -2.42. The van der Waals surface area contributed by atoms with Crippen molar-refractivity contribution in [2.45, 2.75) is 6.92 Å². The molecule has 8 heteroatoms. The highest BCUT2D eigenvalue weighted by Gasteiger charge is 2.25. The van der Waals surface area contributed by atoms with E-state index in [0.717, 1.165) is 10.8 Å². The zero-order valence-corrected chi connectivity index (χ0v) is 16.5. The monoisotopic (exact) mass is 423 g/mol. The molecule has 0 saturated heterocycles. The fourth-order valence-electron chi connectivity index (χ4n) is 3.20. The van der Waals surface area contributed by atoms with Crippen molar-refractivity contribution in [1.82, 2.24) is 16.0 Å². The Hall–Kier alpha value is -3.71. The summed E-state index contributed by atoms with van der Waals surface area (Å²) < 4.78 is 19.4. The second-order valence-corrected chi connectivity index (χ2v) is 6.90. The molecule has 0 aliphatic rings. The second kappa shape index (κ2) is 7.96. The third kappa shape index (κ3) is 3.51. The average Bonchev–Trinajstić information content (AvgIpc) is 3.12. The number of amides is 2. The van der Waals surface area contributed by atoms with Crippen LogP contribution in [0.15, 0.2) is 65.2 Å². The lowest BCUT2D eigenvalue weighted by atomic mass is 10.0. The summed E-state index contributed by atoms with van der Waals surface area (Å²) in [4.78, 5) is 25.4. The van der Waals surface area contributed by atoms with E-state index in [1.54, 1.807) is 12.1 Å². The summed E-state index contributed by atoms with van der Waals surface area (Å²) in [6, 6.07) is 16.8. The zero-order valence-electron chi connectivity index (χ0n) is 15.7. The highest BCUT2D eigenvalue weighted by molar-refractivity contribution is 6.33. The van der Waals surface area contributed by atoms with Gasteiger partial charge in [-0.1, -0.05) is 59.2 Å². The summed E-state index contributed by atoms with van der Waals surface area (Å²) in [7, 11) is 0. The number of fused-ring (bicyclic) bond motifs is 1. The van der Waals surface area contributed by atoms with Gasteiger partial charge in [-0.25, -0.2) is 4.39 Å². The number of benzene rings is 3. The Morgan fingerprint density at radius 1 is 0.967 bits per heavy atom. The highest BCUT2D eigenvalue weighted by atomic mass is 35.5. The third-order valence-electron chi connectivity index (χ3n) is 4.61. The fourth-order valence-corrected chi connectivity index (χ4v) is 3.45. The summed E-state index contributed by atoms with van der Waals surface area (Å²) in [5, 5.41) is 5.50. The van der Waals surface area contributed by atoms with Crippen molar-refractivity contribution in [2.24, 2.45) is 0 Å². The van der Waals surface area contributed by atoms with Crippen molar-refractivity contribution in [2.75, 3.05) is 0 Å². The van der Waals surface area contributed by atoms with Crippen LogP contribution < -0.4 is 10.9 Å². The number of rotatable bonds is 3. The van der Waals surface area contributed by atoms with E-state index in [4.69, 9.17) is 16.1 Å². The molecule has 0 unspecified atom stereocenters. The van der Waals surface area contributed by atoms with Crippen LogP contribution in [0.3, 0.4) is 0 Å². The van der Waals surface area contributed by atoms with Crippen molar-refractivity contribution in [3.05, 3.63) is 88.4 Å². The molecule has 1 aromatic heterocycles. The number of nitrogens with one attached hydrogen (secondary N) is 2. The summed E-state index contributed by atoms with van der Waals surface area (Å²) in [5.41, 5.74) is 4.98. The molecule has 30 heavy (non-hydrogen) atoms. The molecule has 0 radical (unpaired) electrons. The number of nitrogens with zero attached hydrogens (tertiary/aromatic N) is 1. The van der Waals surface area contributed by atoms with Crippen LogP contribution in [0.2, 0.25) is 5.02 Å². The molecule has 0 fully saturated rings. The Morgan fingerprint density at radius 2 is 1.67 bits per heavy atom. The van der Waals surface area contributed by atoms with Crippen molar-refractivity contribution >= 4 is 34.2 Å². The van der Waals surface area contributed by atoms with Crippen LogP contribution in [0.5, 0.6) is 0 Å². The summed E-state index contributed by atoms with van der Waals surface area (Å²) in [6.45, 7) is 1.51. The number of halogens is 2. The second-order valence-electron chi connectivity index (χ2n) is 6.49. The van der Waals surface area contributed by atoms with Gasteiger partial charge in [0, 0.05) is 5.56 Å². The van der Waals surface area contributed by atoms with E-state index in [1.165, 1.54) is 25.1 Å². The number of hydrogen-bond acceptors (Lipinski definition) is 4. The van der Waals surface area contributed by atoms with E-state index >= 15 is 0 Å². The first-order valence-electron chi connectivity index (χ1n) is 8.96. The van der Waals surface area contributed by atoms with E-state index in [0.29, 0.717) is 5.56 Å². The maximum absolute atomic E-state index is 14.3. The Balaban J connectivity index is 1.60. The smallest absolute Gasteiger partial charge is 0.275 e. The third-order valence-corrected chi connectivity index (χ3v) is 4.93. The summed E-state index contributed by atoms with van der Waals surface area (Å²) in [6.07, 6.45) is 0. The van der Waals surface area contributed by atoms with Crippen molar-refractivity contribution in [3.8, 4) is 11.3 Å². The van der Waals surface area contributed by atoms with Crippen molar-refractivity contribution < 1.29 is 18.5 Å². The molecule has 2 N–H and O–H groups in total. The molecule has 0 saturated carbocycles. The molecule has 6 nitrogen and oxygen atoms in total. The van der Waals surface area contributed by atoms with Gasteiger partial charge in [0.15, 0.2) is 0 Å². The molecule has 3 aromatic carbocycles. The van der Waals surface area contributed by atoms with Gasteiger partial charge in [0.05, 0.1) is 10.6 Å². The SMILES string of the molecule is Cc1onc(-c2c(F)cccc2Cl)c1C(=O)NNC(=O)c1cccc2ccccc12. The minimum atomic E-state index is -0.711. The summed E-state index contributed by atoms with van der Waals surface area (Å²) >= 11 is 6.09. The predicted molar refractivity (Wildman–Crippen MR) is 111 cm³/mol. The topological polar surface area (TPSA) is 84.2 Å². The van der Waals surface area contributed by atoms with Crippen molar-refractivity contribution in [1.29, 1.82) is 0 Å². The van der Waals surface area contributed by atoms with Gasteiger partial charge in [-0.15, -0.1) is 0 Å². The Labute approximate surface area is 175 Å². The van der Waals surface area contributed by atoms with Crippen LogP contribution in [0.1, 0.15) is 26.5 Å². The first-order valence-corrected chi connectivity index (χ1v) is 9.34. The standard InChI is InChI=1S/C22H15ClFN3O3/c1-12-18(20(27-30-12)19-16(23)10-5-11-17(19)24)22(29)26-25-21(28)15-9-4-7-13-6-2-3-8-14(13)15/h2-11H,1H3,(H,25,28)(H,26,29). The van der Waals surface area contributed by atoms with E-state index < -0.39 is 17.6 Å². The van der Waals surface area contributed by atoms with Crippen LogP contribution in [0.25, 0.3) is 22.0 Å². The first kappa shape index (κ1) is 19.6. The number of aromatic nitrogens is 1. The quantitative estimate of drug-likeness (QED) is 0.469. The molecule has 0 atom stereocenters. The molecule has 150 valence electrons. The fraction of sp³-hybridized carbons (Fsp3) is 0.0455. The molecule has 4 rings (SSSR count). The normalized spacial score (nSPS) is 10.8. The number of aryl methyl sites for hydroxylation is 1. The van der Waals surface area contributed by atoms with Gasteiger partial charge in [-0.2, -0.15) is 0 Å². The number of hydrazine groups is 1. The van der Waals surface area contributed by atoms with E-state index in [9.17, 15) is 14.0 Å². The molecule has 2 amide bonds. The van der Waals surface area contributed by atoms with Gasteiger partial charge >= 0.3 is 0 Å².